The molecule has 1 aromatic carbocycles. The zero-order valence-corrected chi connectivity index (χ0v) is 11.6. The van der Waals surface area contributed by atoms with Gasteiger partial charge in [0, 0.05) is 35.7 Å². The van der Waals surface area contributed by atoms with Crippen molar-refractivity contribution in [1.29, 1.82) is 0 Å². The van der Waals surface area contributed by atoms with E-state index < -0.39 is 0 Å². The van der Waals surface area contributed by atoms with Crippen molar-refractivity contribution in [2.75, 3.05) is 13.6 Å². The van der Waals surface area contributed by atoms with E-state index in [9.17, 15) is 4.79 Å². The number of Topliss-reactive ketones (excluding diaryl/α,β-unsaturated/α-hetero) is 1. The topological polar surface area (TPSA) is 33.5 Å². The molecule has 0 saturated heterocycles. The molecule has 0 atom stereocenters. The summed E-state index contributed by atoms with van der Waals surface area (Å²) in [6, 6.07) is 8.94. The Labute approximate surface area is 117 Å². The molecule has 19 heavy (non-hydrogen) atoms. The van der Waals surface area contributed by atoms with E-state index in [4.69, 9.17) is 16.0 Å². The van der Waals surface area contributed by atoms with Gasteiger partial charge in [0.25, 0.3) is 0 Å². The van der Waals surface area contributed by atoms with Crippen LogP contribution in [0.15, 0.2) is 47.3 Å². The Kier molecular flexibility index (Phi) is 4.77. The van der Waals surface area contributed by atoms with Crippen LogP contribution in [-0.4, -0.2) is 24.3 Å². The van der Waals surface area contributed by atoms with Gasteiger partial charge >= 0.3 is 0 Å². The van der Waals surface area contributed by atoms with Crippen LogP contribution in [0, 0.1) is 0 Å². The van der Waals surface area contributed by atoms with Crippen molar-refractivity contribution >= 4 is 17.4 Å². The minimum atomic E-state index is 0.135. The monoisotopic (exact) mass is 277 g/mol. The van der Waals surface area contributed by atoms with Crippen molar-refractivity contribution < 1.29 is 9.21 Å². The van der Waals surface area contributed by atoms with E-state index in [2.05, 4.69) is 4.90 Å². The molecule has 0 radical (unpaired) electrons. The number of nitrogens with zero attached hydrogens (tertiary/aromatic N) is 1. The highest BCUT2D eigenvalue weighted by molar-refractivity contribution is 6.30. The summed E-state index contributed by atoms with van der Waals surface area (Å²) in [5, 5.41) is 0.647. The summed E-state index contributed by atoms with van der Waals surface area (Å²) in [4.78, 5) is 14.1. The molecule has 100 valence electrons. The van der Waals surface area contributed by atoms with Gasteiger partial charge in [0.2, 0.25) is 0 Å². The smallest absolute Gasteiger partial charge is 0.164 e. The molecule has 0 spiro atoms. The fourth-order valence-corrected chi connectivity index (χ4v) is 1.97. The standard InChI is InChI=1S/C15H16ClNO2/c1-17(10-12-7-9-19-11-12)8-6-15(18)13-2-4-14(16)5-3-13/h2-5,7,9,11H,6,8,10H2,1H3. The Bertz CT molecular complexity index is 520. The molecule has 0 fully saturated rings. The molecule has 0 aliphatic heterocycles. The summed E-state index contributed by atoms with van der Waals surface area (Å²) in [7, 11) is 1.99. The van der Waals surface area contributed by atoms with Gasteiger partial charge in [0.15, 0.2) is 5.78 Å². The lowest BCUT2D eigenvalue weighted by Gasteiger charge is -2.14. The van der Waals surface area contributed by atoms with Gasteiger partial charge in [-0.2, -0.15) is 0 Å². The second kappa shape index (κ2) is 6.55. The average Bonchev–Trinajstić information content (AvgIpc) is 2.89. The van der Waals surface area contributed by atoms with Gasteiger partial charge in [-0.1, -0.05) is 11.6 Å². The van der Waals surface area contributed by atoms with Gasteiger partial charge in [-0.3, -0.25) is 4.79 Å². The van der Waals surface area contributed by atoms with E-state index in [1.54, 1.807) is 36.8 Å². The van der Waals surface area contributed by atoms with Gasteiger partial charge in [-0.15, -0.1) is 0 Å². The first kappa shape index (κ1) is 13.8. The normalized spacial score (nSPS) is 10.9. The molecule has 1 aromatic heterocycles. The summed E-state index contributed by atoms with van der Waals surface area (Å²) in [5.41, 5.74) is 1.82. The van der Waals surface area contributed by atoms with Crippen LogP contribution in [0.1, 0.15) is 22.3 Å². The summed E-state index contributed by atoms with van der Waals surface area (Å²) in [6.45, 7) is 1.50. The van der Waals surface area contributed by atoms with Crippen molar-refractivity contribution in [2.24, 2.45) is 0 Å². The number of hydrogen-bond acceptors (Lipinski definition) is 3. The molecule has 0 N–H and O–H groups in total. The molecule has 1 heterocycles. The molecule has 0 aliphatic carbocycles. The van der Waals surface area contributed by atoms with Crippen LogP contribution < -0.4 is 0 Å². The molecular weight excluding hydrogens is 262 g/mol. The lowest BCUT2D eigenvalue weighted by Crippen LogP contribution is -2.21. The van der Waals surface area contributed by atoms with E-state index >= 15 is 0 Å². The van der Waals surface area contributed by atoms with Crippen LogP contribution in [0.25, 0.3) is 0 Å². The lowest BCUT2D eigenvalue weighted by atomic mass is 10.1. The van der Waals surface area contributed by atoms with Crippen molar-refractivity contribution in [2.45, 2.75) is 13.0 Å². The largest absolute Gasteiger partial charge is 0.472 e. The van der Waals surface area contributed by atoms with Crippen molar-refractivity contribution in [1.82, 2.24) is 4.90 Å². The Morgan fingerprint density at radius 1 is 1.26 bits per heavy atom. The van der Waals surface area contributed by atoms with Crippen molar-refractivity contribution in [3.63, 3.8) is 0 Å². The highest BCUT2D eigenvalue weighted by Gasteiger charge is 2.08. The molecule has 0 saturated carbocycles. The van der Waals surface area contributed by atoms with Gasteiger partial charge in [-0.05, 0) is 37.4 Å². The molecular formula is C15H16ClNO2. The van der Waals surface area contributed by atoms with Gasteiger partial charge < -0.3 is 9.32 Å². The highest BCUT2D eigenvalue weighted by Crippen LogP contribution is 2.11. The van der Waals surface area contributed by atoms with Crippen LogP contribution in [0.2, 0.25) is 5.02 Å². The maximum atomic E-state index is 12.0. The van der Waals surface area contributed by atoms with Crippen LogP contribution in [-0.2, 0) is 6.54 Å². The van der Waals surface area contributed by atoms with E-state index in [0.29, 0.717) is 23.6 Å². The van der Waals surface area contributed by atoms with Crippen LogP contribution in [0.3, 0.4) is 0 Å². The number of furan rings is 1. The van der Waals surface area contributed by atoms with Crippen molar-refractivity contribution in [3.05, 3.63) is 59.0 Å². The second-order valence-corrected chi connectivity index (χ2v) is 4.99. The maximum absolute atomic E-state index is 12.0. The third kappa shape index (κ3) is 4.23. The lowest BCUT2D eigenvalue weighted by molar-refractivity contribution is 0.0968. The zero-order valence-electron chi connectivity index (χ0n) is 10.8. The van der Waals surface area contributed by atoms with Crippen LogP contribution >= 0.6 is 11.6 Å². The summed E-state index contributed by atoms with van der Waals surface area (Å²) < 4.78 is 5.02. The molecule has 4 heteroatoms. The van der Waals surface area contributed by atoms with Gasteiger partial charge in [-0.25, -0.2) is 0 Å². The van der Waals surface area contributed by atoms with E-state index in [1.807, 2.05) is 13.1 Å². The number of hydrogen-bond donors (Lipinski definition) is 0. The third-order valence-electron chi connectivity index (χ3n) is 2.92. The highest BCUT2D eigenvalue weighted by atomic mass is 35.5. The van der Waals surface area contributed by atoms with E-state index in [1.165, 1.54) is 0 Å². The van der Waals surface area contributed by atoms with Gasteiger partial charge in [0.05, 0.1) is 12.5 Å². The first-order valence-electron chi connectivity index (χ1n) is 6.13. The number of ketones is 1. The van der Waals surface area contributed by atoms with Gasteiger partial charge in [0.1, 0.15) is 0 Å². The fourth-order valence-electron chi connectivity index (χ4n) is 1.85. The summed E-state index contributed by atoms with van der Waals surface area (Å²) >= 11 is 5.79. The molecule has 0 bridgehead atoms. The Hall–Kier alpha value is -1.58. The Morgan fingerprint density at radius 3 is 2.63 bits per heavy atom. The minimum Gasteiger partial charge on any atom is -0.472 e. The SMILES string of the molecule is CN(CCC(=O)c1ccc(Cl)cc1)Cc1ccoc1. The fraction of sp³-hybridized carbons (Fsp3) is 0.267. The Balaban J connectivity index is 1.81. The third-order valence-corrected chi connectivity index (χ3v) is 3.17. The average molecular weight is 278 g/mol. The number of halogens is 1. The van der Waals surface area contributed by atoms with E-state index in [0.717, 1.165) is 12.1 Å². The molecule has 0 aliphatic rings. The number of carbonyl (C=O) groups is 1. The summed E-state index contributed by atoms with van der Waals surface area (Å²) in [6.07, 6.45) is 3.87. The number of carbonyl (C=O) groups excluding carboxylic acids is 1. The number of benzene rings is 1. The first-order chi connectivity index (χ1) is 9.15. The van der Waals surface area contributed by atoms with Crippen LogP contribution in [0.5, 0.6) is 0 Å². The molecule has 0 unspecified atom stereocenters. The van der Waals surface area contributed by atoms with Crippen LogP contribution in [0.4, 0.5) is 0 Å². The summed E-state index contributed by atoms with van der Waals surface area (Å²) in [5.74, 6) is 0.135. The Morgan fingerprint density at radius 2 is 2.00 bits per heavy atom. The van der Waals surface area contributed by atoms with Crippen molar-refractivity contribution in [3.8, 4) is 0 Å². The molecule has 2 aromatic rings. The predicted octanol–water partition coefficient (Wildman–Crippen LogP) is 3.64. The number of rotatable bonds is 6. The molecule has 0 amide bonds. The minimum absolute atomic E-state index is 0.135. The second-order valence-electron chi connectivity index (χ2n) is 4.55. The molecule has 3 nitrogen and oxygen atoms in total. The first-order valence-corrected chi connectivity index (χ1v) is 6.51. The zero-order chi connectivity index (χ0) is 13.7. The van der Waals surface area contributed by atoms with E-state index in [-0.39, 0.29) is 5.78 Å². The quantitative estimate of drug-likeness (QED) is 0.756. The molecule has 2 rings (SSSR count). The predicted molar refractivity (Wildman–Crippen MR) is 75.4 cm³/mol. The maximum Gasteiger partial charge on any atom is 0.164 e.